The molecule has 0 spiro atoms. The standard InChI is InChI=1S/C17H15BN4O3.2C16H14BN5O3.C16H19BN4O3.C16H19BN4O2.C14H15BN4O3/c1-11-16(20-21-22(11)14-5-3-2-4-6-14)17(23)19-13-8-7-12-10-25-18(24)15(12)9-13;2*1-10-15(20-21-22(10)14-4-2-3-7-18-14)16(23)19-12-6-5-11-9-25-17(24)13(11)8-12;1-10-15(19-20-21(10)13-4-2-3-5-13)16(22)18-12-7-6-11-9-24-17(23)14(11)8-12;1-10-15(19-20-21(10)9-11-2-3-11)16(22)18-13-5-4-12-6-7-17(23)14(12)8-13;1-8-13(17-18-19(8)11-4-5-11)14(20)16-10-3-2-9-7-22-15(21)12(9)6-10/h2-9,24H,10H2,1H3,(H,19,23);2*2-8,24H,9H2,1H3,(H,19,23);6-8,13,23H,2-5,9H2,1H3,(H,18,22);4-5,8,11,23H,2-3,6-7,9H2,1H3,(H,18,22);2-3,6,11,21H,4-5,7H2,1H3,(H,16,20). The number of rotatable bonds is 19. The van der Waals surface area contributed by atoms with Crippen molar-refractivity contribution in [3.63, 3.8) is 0 Å². The van der Waals surface area contributed by atoms with Crippen molar-refractivity contribution >= 4 is 145 Å². The third-order valence-electron chi connectivity index (χ3n) is 26.0. The molecular weight excluding hydrogens is 1840 g/mol. The highest BCUT2D eigenvalue weighted by atomic mass is 16.5. The maximum absolute atomic E-state index is 12.5. The molecule has 144 heavy (non-hydrogen) atoms. The molecule has 726 valence electrons. The number of carbonyl (C=O) groups is 6. The van der Waals surface area contributed by atoms with Gasteiger partial charge in [0.1, 0.15) is 0 Å². The van der Waals surface area contributed by atoms with Crippen LogP contribution in [0.3, 0.4) is 0 Å². The summed E-state index contributed by atoms with van der Waals surface area (Å²) in [5.74, 6) is -0.0906. The highest BCUT2D eigenvalue weighted by Gasteiger charge is 2.37. The number of fused-ring (bicyclic) bond motifs is 6. The van der Waals surface area contributed by atoms with E-state index in [0.29, 0.717) is 158 Å². The molecule has 0 atom stereocenters. The minimum atomic E-state index is -0.960. The van der Waals surface area contributed by atoms with Crippen molar-refractivity contribution in [2.45, 2.75) is 157 Å². The van der Waals surface area contributed by atoms with Gasteiger partial charge in [-0.3, -0.25) is 28.8 Å². The number of para-hydroxylation sites is 1. The normalized spacial score (nSPS) is 14.8. The molecule has 49 heteroatoms. The quantitative estimate of drug-likeness (QED) is 0.0496. The van der Waals surface area contributed by atoms with Crippen molar-refractivity contribution < 1.29 is 82.2 Å². The summed E-state index contributed by atoms with van der Waals surface area (Å²) in [5, 5.41) is 124. The summed E-state index contributed by atoms with van der Waals surface area (Å²) in [6.07, 6.45) is 14.2. The number of hydrogen-bond acceptors (Lipinski definition) is 31. The molecule has 0 saturated heterocycles. The van der Waals surface area contributed by atoms with Gasteiger partial charge in [-0.25, -0.2) is 28.7 Å². The highest BCUT2D eigenvalue weighted by molar-refractivity contribution is 6.68. The van der Waals surface area contributed by atoms with E-state index in [9.17, 15) is 58.9 Å². The van der Waals surface area contributed by atoms with Crippen LogP contribution in [0.1, 0.15) is 194 Å². The van der Waals surface area contributed by atoms with Crippen LogP contribution in [0.15, 0.2) is 188 Å². The number of hydrogen-bond donors (Lipinski definition) is 12. The minimum Gasteiger partial charge on any atom is -0.446 e. The highest BCUT2D eigenvalue weighted by Crippen LogP contribution is 2.36. The fourth-order valence-corrected chi connectivity index (χ4v) is 17.6. The van der Waals surface area contributed by atoms with Crippen LogP contribution in [0, 0.1) is 47.5 Å². The van der Waals surface area contributed by atoms with Gasteiger partial charge in [-0.1, -0.05) is 116 Å². The van der Waals surface area contributed by atoms with Gasteiger partial charge in [0, 0.05) is 53.1 Å². The van der Waals surface area contributed by atoms with E-state index < -0.39 is 42.5 Å². The maximum Gasteiger partial charge on any atom is 0.491 e. The van der Waals surface area contributed by atoms with Gasteiger partial charge in [-0.15, -0.1) is 30.6 Å². The fourth-order valence-electron chi connectivity index (χ4n) is 17.6. The van der Waals surface area contributed by atoms with Crippen LogP contribution >= 0.6 is 0 Å². The van der Waals surface area contributed by atoms with Gasteiger partial charge in [0.05, 0.1) is 85.0 Å². The Hall–Kier alpha value is -15.6. The van der Waals surface area contributed by atoms with E-state index in [4.69, 9.17) is 23.3 Å². The van der Waals surface area contributed by atoms with Crippen LogP contribution in [0.4, 0.5) is 34.1 Å². The maximum atomic E-state index is 12.5. The Morgan fingerprint density at radius 1 is 0.326 bits per heavy atom. The largest absolute Gasteiger partial charge is 0.491 e. The van der Waals surface area contributed by atoms with Crippen molar-refractivity contribution in [2.75, 3.05) is 31.9 Å². The molecule has 12 N–H and O–H groups in total. The minimum absolute atomic E-state index is 0.211. The predicted octanol–water partition coefficient (Wildman–Crippen LogP) is 4.49. The molecule has 24 rings (SSSR count). The van der Waals surface area contributed by atoms with Gasteiger partial charge in [-0.05, 0) is 269 Å². The molecule has 6 amide bonds. The van der Waals surface area contributed by atoms with Crippen molar-refractivity contribution in [2.24, 2.45) is 5.92 Å². The first-order valence-corrected chi connectivity index (χ1v) is 47.0. The Kier molecular flexibility index (Phi) is 28.8. The molecule has 3 fully saturated rings. The van der Waals surface area contributed by atoms with Gasteiger partial charge in [0.25, 0.3) is 35.4 Å². The molecule has 3 saturated carbocycles. The van der Waals surface area contributed by atoms with E-state index in [1.807, 2.05) is 126 Å². The average molecular weight is 1940 g/mol. The molecule has 0 bridgehead atoms. The molecule has 15 aromatic rings. The zero-order valence-electron chi connectivity index (χ0n) is 79.0. The van der Waals surface area contributed by atoms with E-state index in [1.165, 1.54) is 35.0 Å². The first-order chi connectivity index (χ1) is 69.8. The molecule has 9 aliphatic rings. The van der Waals surface area contributed by atoms with Gasteiger partial charge >= 0.3 is 42.5 Å². The van der Waals surface area contributed by atoms with E-state index in [1.54, 1.807) is 123 Å². The number of nitrogens with zero attached hydrogens (tertiary/aromatic N) is 20. The summed E-state index contributed by atoms with van der Waals surface area (Å²) in [6, 6.07) is 53.4. The summed E-state index contributed by atoms with van der Waals surface area (Å²) in [7, 11) is -4.73. The van der Waals surface area contributed by atoms with Crippen LogP contribution < -0.4 is 64.7 Å². The zero-order chi connectivity index (χ0) is 100. The average Bonchev–Trinajstić information content (AvgIpc) is 1.64. The van der Waals surface area contributed by atoms with Crippen LogP contribution in [0.2, 0.25) is 6.32 Å². The number of aryl methyl sites for hydroxylation is 1. The zero-order valence-corrected chi connectivity index (χ0v) is 79.0. The third kappa shape index (κ3) is 21.6. The van der Waals surface area contributed by atoms with Crippen molar-refractivity contribution in [3.05, 3.63) is 290 Å². The first-order valence-electron chi connectivity index (χ1n) is 47.0. The van der Waals surface area contributed by atoms with Crippen LogP contribution in [-0.4, -0.2) is 208 Å². The number of amides is 6. The summed E-state index contributed by atoms with van der Waals surface area (Å²) in [4.78, 5) is 83.3. The molecule has 3 aliphatic carbocycles. The summed E-state index contributed by atoms with van der Waals surface area (Å²) in [5.41, 5.74) is 20.4. The van der Waals surface area contributed by atoms with Gasteiger partial charge in [-0.2, -0.15) is 9.36 Å². The van der Waals surface area contributed by atoms with Crippen molar-refractivity contribution in [1.82, 2.24) is 99.9 Å². The molecule has 7 aromatic carbocycles. The molecule has 6 aliphatic heterocycles. The molecule has 0 unspecified atom stereocenters. The Morgan fingerprint density at radius 3 is 0.979 bits per heavy atom. The lowest BCUT2D eigenvalue weighted by atomic mass is 9.63. The lowest BCUT2D eigenvalue weighted by Crippen LogP contribution is -2.28. The molecular formula is C95H96B6N26O17. The Morgan fingerprint density at radius 2 is 0.632 bits per heavy atom. The lowest BCUT2D eigenvalue weighted by Gasteiger charge is -2.11. The number of pyridine rings is 2. The lowest BCUT2D eigenvalue weighted by molar-refractivity contribution is 0.101. The summed E-state index contributed by atoms with van der Waals surface area (Å²) < 4.78 is 35.9. The SMILES string of the molecule is Cc1c(C(=O)Nc2ccc3c(c2)B(O)CC3)nnn1CC1CC1.Cc1c(C(=O)Nc2ccc3c(c2)B(O)OC3)nnn1-c1ccccc1.Cc1c(C(=O)Nc2ccc3c(c2)B(O)OC3)nnn1-c1ccccn1.Cc1c(C(=O)Nc2ccc3c(c2)B(O)OC3)nnn1-c1ccccn1.Cc1c(C(=O)Nc2ccc3c(c2)B(O)OC3)nnn1C1CC1.Cc1c(C(=O)Nc2ccc3c(c2)B(O)OC3)nnn1C1CCCC1. The number of nitrogens with one attached hydrogen (secondary N) is 6. The number of carbonyl (C=O) groups excluding carboxylic acids is 6. The Labute approximate surface area is 825 Å². The van der Waals surface area contributed by atoms with Crippen molar-refractivity contribution in [1.29, 1.82) is 0 Å². The van der Waals surface area contributed by atoms with Crippen LogP contribution in [0.5, 0.6) is 0 Å². The first kappa shape index (κ1) is 97.3. The van der Waals surface area contributed by atoms with Crippen LogP contribution in [-0.2, 0) is 69.3 Å². The van der Waals surface area contributed by atoms with Gasteiger partial charge in [0.15, 0.2) is 45.8 Å². The second-order valence-corrected chi connectivity index (χ2v) is 35.8. The Balaban J connectivity index is 0.000000109. The number of aromatic nitrogens is 20. The second kappa shape index (κ2) is 42.7. The molecule has 8 aromatic heterocycles. The van der Waals surface area contributed by atoms with E-state index in [0.717, 1.165) is 107 Å². The summed E-state index contributed by atoms with van der Waals surface area (Å²) >= 11 is 0. The molecule has 0 radical (unpaired) electrons. The van der Waals surface area contributed by atoms with Gasteiger partial charge < -0.3 is 85.3 Å². The van der Waals surface area contributed by atoms with E-state index >= 15 is 0 Å². The molecule has 43 nitrogen and oxygen atoms in total. The Bertz CT molecular complexity index is 6980. The smallest absolute Gasteiger partial charge is 0.446 e. The molecule has 14 heterocycles. The third-order valence-corrected chi connectivity index (χ3v) is 26.0. The van der Waals surface area contributed by atoms with E-state index in [-0.39, 0.29) is 52.5 Å². The van der Waals surface area contributed by atoms with Crippen molar-refractivity contribution in [3.8, 4) is 17.3 Å². The van der Waals surface area contributed by atoms with E-state index in [2.05, 4.69) is 104 Å². The monoisotopic (exact) mass is 1940 g/mol. The summed E-state index contributed by atoms with van der Waals surface area (Å²) in [6.45, 7) is 13.2. The topological polar surface area (TPSA) is 552 Å². The second-order valence-electron chi connectivity index (χ2n) is 35.8. The van der Waals surface area contributed by atoms with Gasteiger partial charge in [0.2, 0.25) is 0 Å². The fraction of sp³-hybridized carbons (Fsp3) is 0.263. The number of anilines is 6. The van der Waals surface area contributed by atoms with Crippen LogP contribution in [0.25, 0.3) is 17.3 Å². The predicted molar refractivity (Wildman–Crippen MR) is 531 cm³/mol. The number of benzene rings is 7.